The van der Waals surface area contributed by atoms with Crippen LogP contribution in [0.15, 0.2) is 12.1 Å². The van der Waals surface area contributed by atoms with E-state index in [1.165, 1.54) is 24.2 Å². The number of hydrogen-bond donors (Lipinski definition) is 1. The Morgan fingerprint density at radius 2 is 2.23 bits per heavy atom. The number of rotatable bonds is 5. The van der Waals surface area contributed by atoms with E-state index in [1.807, 2.05) is 12.1 Å². The molecule has 1 aliphatic rings. The van der Waals surface area contributed by atoms with Gasteiger partial charge in [-0.25, -0.2) is 0 Å². The molecule has 0 atom stereocenters. The maximum atomic E-state index is 12.0. The van der Waals surface area contributed by atoms with Crippen molar-refractivity contribution in [2.24, 2.45) is 0 Å². The average molecular weight is 339 g/mol. The van der Waals surface area contributed by atoms with Gasteiger partial charge < -0.3 is 9.88 Å². The van der Waals surface area contributed by atoms with Crippen molar-refractivity contribution in [1.82, 2.24) is 20.1 Å². The van der Waals surface area contributed by atoms with E-state index in [2.05, 4.69) is 20.1 Å². The van der Waals surface area contributed by atoms with Crippen molar-refractivity contribution in [2.75, 3.05) is 0 Å². The number of nitrogens with one attached hydrogen (secondary N) is 1. The first kappa shape index (κ1) is 15.5. The number of carbonyl (C=O) groups is 1. The lowest BCUT2D eigenvalue weighted by molar-refractivity contribution is -0.121. The van der Waals surface area contributed by atoms with Gasteiger partial charge in [-0.3, -0.25) is 4.79 Å². The summed E-state index contributed by atoms with van der Waals surface area (Å²) in [6.07, 6.45) is 5.75. The lowest BCUT2D eigenvalue weighted by Crippen LogP contribution is -2.25. The second-order valence-electron chi connectivity index (χ2n) is 5.48. The molecular formula is C15H19ClN4OS. The first-order valence-electron chi connectivity index (χ1n) is 7.64. The quantitative estimate of drug-likeness (QED) is 0.911. The zero-order valence-electron chi connectivity index (χ0n) is 12.3. The fourth-order valence-corrected chi connectivity index (χ4v) is 3.75. The molecule has 3 rings (SSSR count). The van der Waals surface area contributed by atoms with Gasteiger partial charge in [-0.15, -0.1) is 21.5 Å². The Morgan fingerprint density at radius 3 is 3.05 bits per heavy atom. The normalized spacial score (nSPS) is 14.4. The summed E-state index contributed by atoms with van der Waals surface area (Å²) in [7, 11) is 0. The SMILES string of the molecule is O=C(CCc1ccc(Cl)s1)NCc1nnc2n1CCCCC2. The lowest BCUT2D eigenvalue weighted by Gasteiger charge is -2.08. The fourth-order valence-electron chi connectivity index (χ4n) is 2.66. The highest BCUT2D eigenvalue weighted by molar-refractivity contribution is 7.16. The van der Waals surface area contributed by atoms with Crippen molar-refractivity contribution in [3.63, 3.8) is 0 Å². The Hall–Kier alpha value is -1.40. The second-order valence-corrected chi connectivity index (χ2v) is 7.28. The third-order valence-corrected chi connectivity index (χ3v) is 5.15. The summed E-state index contributed by atoms with van der Waals surface area (Å²) in [4.78, 5) is 13.1. The summed E-state index contributed by atoms with van der Waals surface area (Å²) in [5, 5.41) is 11.4. The van der Waals surface area contributed by atoms with Crippen molar-refractivity contribution in [1.29, 1.82) is 0 Å². The van der Waals surface area contributed by atoms with Crippen LogP contribution in [0, 0.1) is 0 Å². The minimum Gasteiger partial charge on any atom is -0.349 e. The van der Waals surface area contributed by atoms with Crippen LogP contribution >= 0.6 is 22.9 Å². The number of carbonyl (C=O) groups excluding carboxylic acids is 1. The molecule has 22 heavy (non-hydrogen) atoms. The number of fused-ring (bicyclic) bond motifs is 1. The van der Waals surface area contributed by atoms with Crippen molar-refractivity contribution >= 4 is 28.8 Å². The molecule has 0 fully saturated rings. The first-order chi connectivity index (χ1) is 10.7. The molecule has 2 aromatic rings. The van der Waals surface area contributed by atoms with Crippen molar-refractivity contribution in [2.45, 2.75) is 51.6 Å². The summed E-state index contributed by atoms with van der Waals surface area (Å²) in [6.45, 7) is 1.41. The Bertz CT molecular complexity index is 652. The van der Waals surface area contributed by atoms with Gasteiger partial charge in [0.15, 0.2) is 5.82 Å². The molecule has 7 heteroatoms. The van der Waals surface area contributed by atoms with Crippen LogP contribution in [0.4, 0.5) is 0 Å². The highest BCUT2D eigenvalue weighted by Crippen LogP contribution is 2.22. The van der Waals surface area contributed by atoms with E-state index in [1.54, 1.807) is 0 Å². The number of aromatic nitrogens is 3. The molecule has 1 amide bonds. The molecule has 0 unspecified atom stereocenters. The van der Waals surface area contributed by atoms with E-state index in [9.17, 15) is 4.79 Å². The molecule has 0 radical (unpaired) electrons. The summed E-state index contributed by atoms with van der Waals surface area (Å²) in [6, 6.07) is 3.84. The van der Waals surface area contributed by atoms with Gasteiger partial charge in [0.05, 0.1) is 10.9 Å². The molecule has 5 nitrogen and oxygen atoms in total. The molecule has 1 aliphatic heterocycles. The van der Waals surface area contributed by atoms with Crippen LogP contribution in [-0.2, 0) is 30.7 Å². The molecule has 0 bridgehead atoms. The molecule has 118 valence electrons. The Balaban J connectivity index is 1.50. The van der Waals surface area contributed by atoms with Gasteiger partial charge >= 0.3 is 0 Å². The van der Waals surface area contributed by atoms with Crippen LogP contribution in [0.25, 0.3) is 0 Å². The molecule has 3 heterocycles. The van der Waals surface area contributed by atoms with Gasteiger partial charge in [0.1, 0.15) is 5.82 Å². The number of hydrogen-bond acceptors (Lipinski definition) is 4. The van der Waals surface area contributed by atoms with Gasteiger partial charge in [0.25, 0.3) is 0 Å². The second kappa shape index (κ2) is 7.24. The van der Waals surface area contributed by atoms with Gasteiger partial charge in [-0.2, -0.15) is 0 Å². The van der Waals surface area contributed by atoms with Crippen LogP contribution in [0.2, 0.25) is 4.34 Å². The van der Waals surface area contributed by atoms with Crippen molar-refractivity contribution < 1.29 is 4.79 Å². The van der Waals surface area contributed by atoms with E-state index in [-0.39, 0.29) is 5.91 Å². The molecule has 1 N–H and O–H groups in total. The smallest absolute Gasteiger partial charge is 0.220 e. The van der Waals surface area contributed by atoms with E-state index in [4.69, 9.17) is 11.6 Å². The number of halogens is 1. The van der Waals surface area contributed by atoms with Crippen LogP contribution in [0.5, 0.6) is 0 Å². The predicted molar refractivity (Wildman–Crippen MR) is 87.1 cm³/mol. The zero-order valence-corrected chi connectivity index (χ0v) is 13.9. The lowest BCUT2D eigenvalue weighted by atomic mass is 10.2. The van der Waals surface area contributed by atoms with Crippen molar-refractivity contribution in [3.05, 3.63) is 33.0 Å². The summed E-state index contributed by atoms with van der Waals surface area (Å²) in [5.41, 5.74) is 0. The van der Waals surface area contributed by atoms with Crippen LogP contribution in [0.1, 0.15) is 42.2 Å². The number of nitrogens with zero attached hydrogens (tertiary/aromatic N) is 3. The van der Waals surface area contributed by atoms with Gasteiger partial charge in [-0.1, -0.05) is 18.0 Å². The monoisotopic (exact) mass is 338 g/mol. The van der Waals surface area contributed by atoms with E-state index in [0.29, 0.717) is 13.0 Å². The van der Waals surface area contributed by atoms with Crippen molar-refractivity contribution in [3.8, 4) is 0 Å². The van der Waals surface area contributed by atoms with E-state index in [0.717, 1.165) is 46.7 Å². The number of thiophene rings is 1. The Labute approximate surface area is 138 Å². The molecule has 0 aromatic carbocycles. The third kappa shape index (κ3) is 3.87. The Morgan fingerprint density at radius 1 is 1.32 bits per heavy atom. The molecule has 0 spiro atoms. The summed E-state index contributed by atoms with van der Waals surface area (Å²) < 4.78 is 2.92. The Kier molecular flexibility index (Phi) is 5.10. The predicted octanol–water partition coefficient (Wildman–Crippen LogP) is 2.97. The average Bonchev–Trinajstić information content (AvgIpc) is 3.02. The summed E-state index contributed by atoms with van der Waals surface area (Å²) >= 11 is 7.41. The van der Waals surface area contributed by atoms with Gasteiger partial charge in [-0.05, 0) is 31.4 Å². The number of aryl methyl sites for hydroxylation is 2. The topological polar surface area (TPSA) is 59.8 Å². The molecule has 0 aliphatic carbocycles. The molecular weight excluding hydrogens is 320 g/mol. The van der Waals surface area contributed by atoms with E-state index >= 15 is 0 Å². The first-order valence-corrected chi connectivity index (χ1v) is 8.83. The van der Waals surface area contributed by atoms with Gasteiger partial charge in [0.2, 0.25) is 5.91 Å². The standard InChI is InChI=1S/C15H19ClN4OS/c16-12-7-5-11(22-12)6-8-15(21)17-10-14-19-18-13-4-2-1-3-9-20(13)14/h5,7H,1-4,6,8-10H2,(H,17,21). The highest BCUT2D eigenvalue weighted by atomic mass is 35.5. The number of amides is 1. The summed E-state index contributed by atoms with van der Waals surface area (Å²) in [5.74, 6) is 1.95. The molecule has 0 saturated carbocycles. The minimum absolute atomic E-state index is 0.0375. The zero-order chi connectivity index (χ0) is 15.4. The molecule has 0 saturated heterocycles. The highest BCUT2D eigenvalue weighted by Gasteiger charge is 2.15. The van der Waals surface area contributed by atoms with Crippen LogP contribution < -0.4 is 5.32 Å². The maximum Gasteiger partial charge on any atom is 0.220 e. The fraction of sp³-hybridized carbons (Fsp3) is 0.533. The largest absolute Gasteiger partial charge is 0.349 e. The minimum atomic E-state index is 0.0375. The maximum absolute atomic E-state index is 12.0. The van der Waals surface area contributed by atoms with Crippen LogP contribution in [0.3, 0.4) is 0 Å². The molecule has 2 aromatic heterocycles. The van der Waals surface area contributed by atoms with Crippen LogP contribution in [-0.4, -0.2) is 20.7 Å². The van der Waals surface area contributed by atoms with Gasteiger partial charge in [0, 0.05) is 24.3 Å². The van der Waals surface area contributed by atoms with E-state index < -0.39 is 0 Å². The third-order valence-electron chi connectivity index (χ3n) is 3.86.